The highest BCUT2D eigenvalue weighted by Gasteiger charge is 2.60. The van der Waals surface area contributed by atoms with Crippen LogP contribution in [0, 0.1) is 16.7 Å². The molecule has 0 unspecified atom stereocenters. The van der Waals surface area contributed by atoms with Gasteiger partial charge in [-0.1, -0.05) is 50.3 Å². The van der Waals surface area contributed by atoms with Crippen LogP contribution in [0.5, 0.6) is 0 Å². The molecule has 1 aromatic heterocycles. The Kier molecular flexibility index (Phi) is 4.27. The third-order valence-corrected chi connectivity index (χ3v) is 7.77. The molecule has 2 aliphatic carbocycles. The summed E-state index contributed by atoms with van der Waals surface area (Å²) in [5.74, 6) is 0.509. The van der Waals surface area contributed by atoms with Gasteiger partial charge in [0, 0.05) is 16.7 Å². The van der Waals surface area contributed by atoms with Crippen molar-refractivity contribution in [3.05, 3.63) is 59.7 Å². The minimum atomic E-state index is -0.163. The van der Waals surface area contributed by atoms with Crippen molar-refractivity contribution in [2.24, 2.45) is 21.8 Å². The highest BCUT2D eigenvalue weighted by molar-refractivity contribution is 5.98. The van der Waals surface area contributed by atoms with Gasteiger partial charge in [-0.2, -0.15) is 5.10 Å². The van der Waals surface area contributed by atoms with Crippen molar-refractivity contribution < 1.29 is 4.79 Å². The van der Waals surface area contributed by atoms with E-state index in [-0.39, 0.29) is 16.7 Å². The molecule has 154 valence electrons. The Morgan fingerprint density at radius 3 is 2.63 bits per heavy atom. The topological polar surface area (TPSA) is 72.2 Å². The summed E-state index contributed by atoms with van der Waals surface area (Å²) in [4.78, 5) is 12.6. The SMILES string of the molecule is CC1(C)[C@@H]2CC[C@]1(C)/C(=N/NC(=O)c1ccc(Cn3nnc4ccccc43)cc1)C2. The van der Waals surface area contributed by atoms with Gasteiger partial charge >= 0.3 is 0 Å². The van der Waals surface area contributed by atoms with Crippen molar-refractivity contribution >= 4 is 22.7 Å². The van der Waals surface area contributed by atoms with E-state index in [4.69, 9.17) is 0 Å². The number of amides is 1. The van der Waals surface area contributed by atoms with Gasteiger partial charge in [-0.25, -0.2) is 10.1 Å². The van der Waals surface area contributed by atoms with Crippen LogP contribution in [0.25, 0.3) is 11.0 Å². The first-order valence-corrected chi connectivity index (χ1v) is 10.6. The molecule has 1 N–H and O–H groups in total. The summed E-state index contributed by atoms with van der Waals surface area (Å²) in [7, 11) is 0. The molecule has 1 amide bonds. The van der Waals surface area contributed by atoms with Gasteiger partial charge in [0.05, 0.1) is 12.1 Å². The number of hydrogen-bond donors (Lipinski definition) is 1. The summed E-state index contributed by atoms with van der Waals surface area (Å²) in [5, 5.41) is 13.0. The van der Waals surface area contributed by atoms with E-state index in [0.717, 1.165) is 35.2 Å². The minimum absolute atomic E-state index is 0.0926. The van der Waals surface area contributed by atoms with Crippen molar-refractivity contribution in [1.29, 1.82) is 0 Å². The minimum Gasteiger partial charge on any atom is -0.267 e. The Morgan fingerprint density at radius 2 is 1.93 bits per heavy atom. The summed E-state index contributed by atoms with van der Waals surface area (Å²) in [6.07, 6.45) is 3.42. The lowest BCUT2D eigenvalue weighted by Crippen LogP contribution is -2.34. The van der Waals surface area contributed by atoms with Crippen LogP contribution in [0.1, 0.15) is 56.0 Å². The molecule has 1 heterocycles. The molecule has 0 aliphatic heterocycles. The Labute approximate surface area is 176 Å². The maximum atomic E-state index is 12.6. The maximum absolute atomic E-state index is 12.6. The predicted octanol–water partition coefficient (Wildman–Crippen LogP) is 4.41. The number of aromatic nitrogens is 3. The maximum Gasteiger partial charge on any atom is 0.271 e. The van der Waals surface area contributed by atoms with Crippen LogP contribution in [0.2, 0.25) is 0 Å². The average Bonchev–Trinajstić information content (AvgIpc) is 3.31. The van der Waals surface area contributed by atoms with Crippen molar-refractivity contribution in [3.63, 3.8) is 0 Å². The van der Waals surface area contributed by atoms with E-state index in [1.165, 1.54) is 6.42 Å². The van der Waals surface area contributed by atoms with Gasteiger partial charge in [0.1, 0.15) is 5.52 Å². The van der Waals surface area contributed by atoms with Crippen LogP contribution in [-0.4, -0.2) is 26.6 Å². The largest absolute Gasteiger partial charge is 0.271 e. The number of nitrogens with one attached hydrogen (secondary N) is 1. The molecule has 0 radical (unpaired) electrons. The van der Waals surface area contributed by atoms with E-state index < -0.39 is 0 Å². The Morgan fingerprint density at radius 1 is 1.17 bits per heavy atom. The molecule has 6 nitrogen and oxygen atoms in total. The third-order valence-electron chi connectivity index (χ3n) is 7.77. The monoisotopic (exact) mass is 401 g/mol. The van der Waals surface area contributed by atoms with E-state index in [0.29, 0.717) is 18.0 Å². The zero-order valence-electron chi connectivity index (χ0n) is 17.7. The first kappa shape index (κ1) is 19.0. The van der Waals surface area contributed by atoms with Gasteiger partial charge in [0.25, 0.3) is 5.91 Å². The number of para-hydroxylation sites is 1. The molecule has 2 saturated carbocycles. The summed E-state index contributed by atoms with van der Waals surface area (Å²) < 4.78 is 1.87. The molecule has 3 aromatic rings. The van der Waals surface area contributed by atoms with Crippen LogP contribution in [0.4, 0.5) is 0 Å². The molecule has 2 aromatic carbocycles. The molecule has 5 rings (SSSR count). The second kappa shape index (κ2) is 6.76. The normalized spacial score (nSPS) is 25.8. The molecule has 2 bridgehead atoms. The zero-order chi connectivity index (χ0) is 20.9. The summed E-state index contributed by atoms with van der Waals surface area (Å²) in [6.45, 7) is 7.59. The lowest BCUT2D eigenvalue weighted by Gasteiger charge is -2.34. The van der Waals surface area contributed by atoms with E-state index in [1.807, 2.05) is 53.2 Å². The Hall–Kier alpha value is -3.02. The van der Waals surface area contributed by atoms with Crippen molar-refractivity contribution in [2.75, 3.05) is 0 Å². The van der Waals surface area contributed by atoms with Gasteiger partial charge < -0.3 is 0 Å². The van der Waals surface area contributed by atoms with Gasteiger partial charge in [-0.3, -0.25) is 4.79 Å². The Bertz CT molecular complexity index is 1140. The van der Waals surface area contributed by atoms with E-state index in [1.54, 1.807) is 0 Å². The fraction of sp³-hybridized carbons (Fsp3) is 0.417. The quantitative estimate of drug-likeness (QED) is 0.658. The molecule has 30 heavy (non-hydrogen) atoms. The van der Waals surface area contributed by atoms with Crippen LogP contribution in [0.15, 0.2) is 53.6 Å². The molecule has 2 aliphatic rings. The van der Waals surface area contributed by atoms with Crippen LogP contribution >= 0.6 is 0 Å². The van der Waals surface area contributed by atoms with E-state index >= 15 is 0 Å². The highest BCUT2D eigenvalue weighted by atomic mass is 16.2. The number of fused-ring (bicyclic) bond motifs is 3. The second-order valence-corrected chi connectivity index (χ2v) is 9.43. The third kappa shape index (κ3) is 2.85. The Balaban J connectivity index is 1.27. The fourth-order valence-electron chi connectivity index (χ4n) is 5.25. The molecule has 2 atom stereocenters. The van der Waals surface area contributed by atoms with Gasteiger partial charge in [-0.05, 0) is 60.4 Å². The zero-order valence-corrected chi connectivity index (χ0v) is 17.7. The lowest BCUT2D eigenvalue weighted by molar-refractivity contribution is 0.0954. The van der Waals surface area contributed by atoms with Gasteiger partial charge in [0.15, 0.2) is 0 Å². The summed E-state index contributed by atoms with van der Waals surface area (Å²) >= 11 is 0. The number of carbonyl (C=O) groups excluding carboxylic acids is 1. The van der Waals surface area contributed by atoms with Gasteiger partial charge in [-0.15, -0.1) is 5.10 Å². The van der Waals surface area contributed by atoms with E-state index in [9.17, 15) is 4.79 Å². The molecular weight excluding hydrogens is 374 g/mol. The first-order chi connectivity index (χ1) is 14.4. The lowest BCUT2D eigenvalue weighted by atomic mass is 9.70. The highest BCUT2D eigenvalue weighted by Crippen LogP contribution is 2.63. The summed E-state index contributed by atoms with van der Waals surface area (Å²) in [5.41, 5.74) is 7.84. The van der Waals surface area contributed by atoms with Crippen molar-refractivity contribution in [2.45, 2.75) is 46.6 Å². The average molecular weight is 402 g/mol. The van der Waals surface area contributed by atoms with Crippen LogP contribution in [-0.2, 0) is 6.54 Å². The smallest absolute Gasteiger partial charge is 0.267 e. The van der Waals surface area contributed by atoms with Crippen LogP contribution < -0.4 is 5.43 Å². The molecule has 0 spiro atoms. The number of rotatable bonds is 4. The van der Waals surface area contributed by atoms with Crippen molar-refractivity contribution in [3.8, 4) is 0 Å². The number of benzene rings is 2. The van der Waals surface area contributed by atoms with Gasteiger partial charge in [0.2, 0.25) is 0 Å². The first-order valence-electron chi connectivity index (χ1n) is 10.6. The summed E-state index contributed by atoms with van der Waals surface area (Å²) in [6, 6.07) is 15.5. The van der Waals surface area contributed by atoms with Crippen molar-refractivity contribution in [1.82, 2.24) is 20.4 Å². The van der Waals surface area contributed by atoms with Crippen LogP contribution in [0.3, 0.4) is 0 Å². The molecular formula is C24H27N5O. The molecule has 0 saturated heterocycles. The molecule has 2 fully saturated rings. The predicted molar refractivity (Wildman–Crippen MR) is 117 cm³/mol. The molecule has 6 heteroatoms. The second-order valence-electron chi connectivity index (χ2n) is 9.43. The number of hydrogen-bond acceptors (Lipinski definition) is 4. The van der Waals surface area contributed by atoms with E-state index in [2.05, 4.69) is 41.6 Å². The number of nitrogens with zero attached hydrogens (tertiary/aromatic N) is 4. The standard InChI is InChI=1S/C24H27N5O/c1-23(2)18-12-13-24(23,3)21(14-18)26-27-22(30)17-10-8-16(9-11-17)15-29-20-7-5-4-6-19(20)25-28-29/h4-11,18H,12-15H2,1-3H3,(H,27,30)/b26-21+/t18-,24-/m1/s1. The number of hydrazone groups is 1. The fourth-order valence-corrected chi connectivity index (χ4v) is 5.25. The number of carbonyl (C=O) groups is 1.